The van der Waals surface area contributed by atoms with E-state index in [0.717, 1.165) is 41.1 Å². The first-order chi connectivity index (χ1) is 12.6. The van der Waals surface area contributed by atoms with Crippen molar-refractivity contribution in [3.8, 4) is 0 Å². The normalized spacial score (nSPS) is 11.2. The minimum absolute atomic E-state index is 0.129. The number of carbonyl (C=O) groups is 2. The van der Waals surface area contributed by atoms with E-state index in [1.54, 1.807) is 4.90 Å². The largest absolute Gasteiger partial charge is 0.416 e. The molecule has 2 aromatic carbocycles. The number of nitrogens with zero attached hydrogens (tertiary/aromatic N) is 1. The van der Waals surface area contributed by atoms with E-state index < -0.39 is 17.6 Å². The monoisotopic (exact) mass is 378 g/mol. The van der Waals surface area contributed by atoms with E-state index in [0.29, 0.717) is 0 Å². The Morgan fingerprint density at radius 2 is 1.67 bits per heavy atom. The van der Waals surface area contributed by atoms with Crippen LogP contribution in [-0.4, -0.2) is 24.9 Å². The van der Waals surface area contributed by atoms with E-state index in [1.807, 2.05) is 32.0 Å². The molecule has 0 aromatic heterocycles. The van der Waals surface area contributed by atoms with Crippen LogP contribution in [0.3, 0.4) is 0 Å². The van der Waals surface area contributed by atoms with Crippen molar-refractivity contribution in [1.29, 1.82) is 0 Å². The average molecular weight is 378 g/mol. The van der Waals surface area contributed by atoms with E-state index in [4.69, 9.17) is 0 Å². The first-order valence-electron chi connectivity index (χ1n) is 8.41. The van der Waals surface area contributed by atoms with Crippen LogP contribution in [0.4, 0.5) is 18.9 Å². The fourth-order valence-corrected chi connectivity index (χ4v) is 2.67. The summed E-state index contributed by atoms with van der Waals surface area (Å²) in [6.45, 7) is 5.74. The van der Waals surface area contributed by atoms with Crippen molar-refractivity contribution >= 4 is 17.5 Å². The molecule has 0 bridgehead atoms. The Labute approximate surface area is 156 Å². The van der Waals surface area contributed by atoms with Crippen LogP contribution in [0.25, 0.3) is 0 Å². The molecule has 1 N–H and O–H groups in total. The molecule has 0 unspecified atom stereocenters. The molecule has 2 amide bonds. The van der Waals surface area contributed by atoms with Crippen molar-refractivity contribution < 1.29 is 22.8 Å². The van der Waals surface area contributed by atoms with Crippen LogP contribution in [0, 0.1) is 13.8 Å². The smallest absolute Gasteiger partial charge is 0.350 e. The number of anilines is 1. The molecule has 0 saturated carbocycles. The SMILES string of the molecule is CC(=O)N(CCNC(=O)c1ccc(C(F)(F)F)cc1)c1cccc(C)c1C. The fraction of sp³-hybridized carbons (Fsp3) is 0.300. The zero-order chi connectivity index (χ0) is 20.2. The number of alkyl halides is 3. The molecule has 27 heavy (non-hydrogen) atoms. The third-order valence-electron chi connectivity index (χ3n) is 4.34. The van der Waals surface area contributed by atoms with Gasteiger partial charge in [0.05, 0.1) is 5.56 Å². The van der Waals surface area contributed by atoms with Crippen LogP contribution >= 0.6 is 0 Å². The lowest BCUT2D eigenvalue weighted by atomic mass is 10.1. The summed E-state index contributed by atoms with van der Waals surface area (Å²) in [5.74, 6) is -0.652. The molecule has 0 aliphatic heterocycles. The highest BCUT2D eigenvalue weighted by atomic mass is 19.4. The summed E-state index contributed by atoms with van der Waals surface area (Å²) < 4.78 is 37.7. The number of amides is 2. The fourth-order valence-electron chi connectivity index (χ4n) is 2.67. The minimum Gasteiger partial charge on any atom is -0.350 e. The summed E-state index contributed by atoms with van der Waals surface area (Å²) in [5.41, 5.74) is 2.11. The van der Waals surface area contributed by atoms with Crippen LogP contribution in [0.5, 0.6) is 0 Å². The molecule has 0 atom stereocenters. The molecular formula is C20H21F3N2O2. The van der Waals surface area contributed by atoms with Gasteiger partial charge < -0.3 is 10.2 Å². The predicted octanol–water partition coefficient (Wildman–Crippen LogP) is 4.11. The molecule has 0 aliphatic rings. The van der Waals surface area contributed by atoms with Gasteiger partial charge >= 0.3 is 6.18 Å². The number of hydrogen-bond acceptors (Lipinski definition) is 2. The van der Waals surface area contributed by atoms with Crippen molar-refractivity contribution in [3.63, 3.8) is 0 Å². The van der Waals surface area contributed by atoms with Crippen molar-refractivity contribution in [2.45, 2.75) is 26.9 Å². The molecule has 2 aromatic rings. The molecule has 0 spiro atoms. The molecule has 0 radical (unpaired) electrons. The Morgan fingerprint density at radius 1 is 1.04 bits per heavy atom. The number of halogens is 3. The number of benzene rings is 2. The number of hydrogen-bond donors (Lipinski definition) is 1. The summed E-state index contributed by atoms with van der Waals surface area (Å²) in [7, 11) is 0. The van der Waals surface area contributed by atoms with Gasteiger partial charge in [-0.25, -0.2) is 0 Å². The predicted molar refractivity (Wildman–Crippen MR) is 97.7 cm³/mol. The van der Waals surface area contributed by atoms with Crippen molar-refractivity contribution in [2.75, 3.05) is 18.0 Å². The number of aryl methyl sites for hydroxylation is 1. The topological polar surface area (TPSA) is 49.4 Å². The number of nitrogens with one attached hydrogen (secondary N) is 1. The maximum Gasteiger partial charge on any atom is 0.416 e. The Bertz CT molecular complexity index is 830. The van der Waals surface area contributed by atoms with Gasteiger partial charge in [0, 0.05) is 31.3 Å². The van der Waals surface area contributed by atoms with Crippen molar-refractivity contribution in [3.05, 3.63) is 64.7 Å². The van der Waals surface area contributed by atoms with Crippen LogP contribution in [-0.2, 0) is 11.0 Å². The maximum absolute atomic E-state index is 12.6. The highest BCUT2D eigenvalue weighted by molar-refractivity contribution is 5.95. The minimum atomic E-state index is -4.44. The molecule has 0 heterocycles. The Hall–Kier alpha value is -2.83. The Morgan fingerprint density at radius 3 is 2.22 bits per heavy atom. The van der Waals surface area contributed by atoms with Crippen LogP contribution in [0.1, 0.15) is 34.0 Å². The highest BCUT2D eigenvalue weighted by Gasteiger charge is 2.30. The zero-order valence-electron chi connectivity index (χ0n) is 15.4. The first-order valence-corrected chi connectivity index (χ1v) is 8.41. The van der Waals surface area contributed by atoms with Gasteiger partial charge in [0.2, 0.25) is 5.91 Å². The van der Waals surface area contributed by atoms with Gasteiger partial charge in [-0.2, -0.15) is 13.2 Å². The summed E-state index contributed by atoms with van der Waals surface area (Å²) in [5, 5.41) is 2.63. The molecule has 0 aliphatic carbocycles. The second-order valence-corrected chi connectivity index (χ2v) is 6.22. The van der Waals surface area contributed by atoms with E-state index in [-0.39, 0.29) is 24.6 Å². The summed E-state index contributed by atoms with van der Waals surface area (Å²) in [6, 6.07) is 9.64. The van der Waals surface area contributed by atoms with E-state index >= 15 is 0 Å². The number of rotatable bonds is 5. The van der Waals surface area contributed by atoms with Gasteiger partial charge in [0.15, 0.2) is 0 Å². The van der Waals surface area contributed by atoms with E-state index in [9.17, 15) is 22.8 Å². The zero-order valence-corrected chi connectivity index (χ0v) is 15.4. The Balaban J connectivity index is 2.01. The van der Waals surface area contributed by atoms with Gasteiger partial charge in [-0.05, 0) is 55.3 Å². The Kier molecular flexibility index (Phi) is 6.25. The lowest BCUT2D eigenvalue weighted by Crippen LogP contribution is -2.38. The average Bonchev–Trinajstić information content (AvgIpc) is 2.60. The van der Waals surface area contributed by atoms with Crippen LogP contribution in [0.15, 0.2) is 42.5 Å². The molecule has 0 fully saturated rings. The summed E-state index contributed by atoms with van der Waals surface area (Å²) in [6.07, 6.45) is -4.44. The maximum atomic E-state index is 12.6. The van der Waals surface area contributed by atoms with Gasteiger partial charge in [-0.1, -0.05) is 12.1 Å². The third kappa shape index (κ3) is 5.09. The molecule has 7 heteroatoms. The van der Waals surface area contributed by atoms with Crippen molar-refractivity contribution in [2.24, 2.45) is 0 Å². The summed E-state index contributed by atoms with van der Waals surface area (Å²) >= 11 is 0. The van der Waals surface area contributed by atoms with E-state index in [2.05, 4.69) is 5.32 Å². The standard InChI is InChI=1S/C20H21F3N2O2/c1-13-5-4-6-18(14(13)2)25(15(3)26)12-11-24-19(27)16-7-9-17(10-8-16)20(21,22)23/h4-10H,11-12H2,1-3H3,(H,24,27). The highest BCUT2D eigenvalue weighted by Crippen LogP contribution is 2.29. The van der Waals surface area contributed by atoms with Gasteiger partial charge in [-0.3, -0.25) is 9.59 Å². The van der Waals surface area contributed by atoms with E-state index in [1.165, 1.54) is 6.92 Å². The second-order valence-electron chi connectivity index (χ2n) is 6.22. The quantitative estimate of drug-likeness (QED) is 0.851. The van der Waals surface area contributed by atoms with Crippen molar-refractivity contribution in [1.82, 2.24) is 5.32 Å². The van der Waals surface area contributed by atoms with Crippen LogP contribution < -0.4 is 10.2 Å². The van der Waals surface area contributed by atoms with Gasteiger partial charge in [0.1, 0.15) is 0 Å². The molecule has 2 rings (SSSR count). The molecule has 4 nitrogen and oxygen atoms in total. The lowest BCUT2D eigenvalue weighted by Gasteiger charge is -2.24. The first kappa shape index (κ1) is 20.5. The van der Waals surface area contributed by atoms with Gasteiger partial charge in [-0.15, -0.1) is 0 Å². The molecular weight excluding hydrogens is 357 g/mol. The second kappa shape index (κ2) is 8.24. The molecule has 0 saturated heterocycles. The van der Waals surface area contributed by atoms with Crippen LogP contribution in [0.2, 0.25) is 0 Å². The third-order valence-corrected chi connectivity index (χ3v) is 4.34. The van der Waals surface area contributed by atoms with Gasteiger partial charge in [0.25, 0.3) is 5.91 Å². The molecule has 144 valence electrons. The summed E-state index contributed by atoms with van der Waals surface area (Å²) in [4.78, 5) is 25.7. The lowest BCUT2D eigenvalue weighted by molar-refractivity contribution is -0.137. The number of carbonyl (C=O) groups excluding carboxylic acids is 2.